The molecule has 3 aromatic rings. The highest BCUT2D eigenvalue weighted by molar-refractivity contribution is 5.99. The molecule has 2 amide bonds. The van der Waals surface area contributed by atoms with Crippen LogP contribution in [0.2, 0.25) is 0 Å². The molecular formula is C30H35N7O2. The number of piperazine rings is 1. The quantitative estimate of drug-likeness (QED) is 0.510. The molecule has 0 saturated carbocycles. The molecule has 0 bridgehead atoms. The Labute approximate surface area is 230 Å². The van der Waals surface area contributed by atoms with E-state index in [2.05, 4.69) is 45.3 Å². The van der Waals surface area contributed by atoms with Crippen LogP contribution in [0.3, 0.4) is 0 Å². The van der Waals surface area contributed by atoms with Gasteiger partial charge in [-0.25, -0.2) is 4.98 Å². The summed E-state index contributed by atoms with van der Waals surface area (Å²) in [6.07, 6.45) is 7.14. The molecule has 2 saturated heterocycles. The summed E-state index contributed by atoms with van der Waals surface area (Å²) in [6, 6.07) is 13.0. The molecule has 0 unspecified atom stereocenters. The summed E-state index contributed by atoms with van der Waals surface area (Å²) in [4.78, 5) is 40.9. The fourth-order valence-electron chi connectivity index (χ4n) is 5.84. The maximum absolute atomic E-state index is 13.9. The second-order valence-electron chi connectivity index (χ2n) is 10.4. The highest BCUT2D eigenvalue weighted by Crippen LogP contribution is 2.31. The maximum Gasteiger partial charge on any atom is 0.254 e. The van der Waals surface area contributed by atoms with Gasteiger partial charge in [0.2, 0.25) is 5.91 Å². The van der Waals surface area contributed by atoms with Gasteiger partial charge in [-0.1, -0.05) is 18.2 Å². The minimum Gasteiger partial charge on any atom is -0.382 e. The smallest absolute Gasteiger partial charge is 0.254 e. The molecule has 3 heterocycles. The number of nitrogens with two attached hydrogens (primary N) is 1. The molecule has 2 fully saturated rings. The molecule has 9 heteroatoms. The lowest BCUT2D eigenvalue weighted by Gasteiger charge is -2.41. The van der Waals surface area contributed by atoms with Gasteiger partial charge >= 0.3 is 0 Å². The lowest BCUT2D eigenvalue weighted by atomic mass is 9.94. The van der Waals surface area contributed by atoms with Gasteiger partial charge < -0.3 is 25.8 Å². The van der Waals surface area contributed by atoms with E-state index in [0.29, 0.717) is 24.7 Å². The Morgan fingerprint density at radius 3 is 2.51 bits per heavy atom. The lowest BCUT2D eigenvalue weighted by Crippen LogP contribution is -2.59. The number of rotatable bonds is 6. The van der Waals surface area contributed by atoms with Crippen molar-refractivity contribution < 1.29 is 9.59 Å². The Kier molecular flexibility index (Phi) is 7.55. The molecular weight excluding hydrogens is 490 g/mol. The summed E-state index contributed by atoms with van der Waals surface area (Å²) in [6.45, 7) is 9.11. The van der Waals surface area contributed by atoms with Gasteiger partial charge in [0.1, 0.15) is 11.9 Å². The van der Waals surface area contributed by atoms with Crippen molar-refractivity contribution in [1.82, 2.24) is 14.9 Å². The van der Waals surface area contributed by atoms with Gasteiger partial charge in [0.05, 0.1) is 12.7 Å². The first-order valence-corrected chi connectivity index (χ1v) is 13.4. The summed E-state index contributed by atoms with van der Waals surface area (Å²) in [7, 11) is 0. The molecule has 2 aliphatic heterocycles. The zero-order valence-electron chi connectivity index (χ0n) is 22.8. The van der Waals surface area contributed by atoms with Crippen LogP contribution in [-0.2, 0) is 4.79 Å². The van der Waals surface area contributed by atoms with Gasteiger partial charge in [0.25, 0.3) is 5.91 Å². The molecule has 0 aliphatic carbocycles. The molecule has 2 aliphatic rings. The van der Waals surface area contributed by atoms with E-state index in [1.807, 2.05) is 24.8 Å². The number of amides is 2. The minimum absolute atomic E-state index is 0.0654. The Morgan fingerprint density at radius 1 is 1.05 bits per heavy atom. The van der Waals surface area contributed by atoms with Gasteiger partial charge in [-0.2, -0.15) is 0 Å². The second-order valence-corrected chi connectivity index (χ2v) is 10.4. The monoisotopic (exact) mass is 525 g/mol. The van der Waals surface area contributed by atoms with Crippen LogP contribution in [0.1, 0.15) is 39.9 Å². The van der Waals surface area contributed by atoms with Gasteiger partial charge in [0, 0.05) is 67.6 Å². The number of primary amides is 1. The van der Waals surface area contributed by atoms with E-state index in [4.69, 9.17) is 5.73 Å². The number of carbonyl (C=O) groups excluding carboxylic acids is 2. The minimum atomic E-state index is -0.610. The molecule has 202 valence electrons. The Hall–Kier alpha value is -4.32. The molecule has 3 N–H and O–H groups in total. The third kappa shape index (κ3) is 5.46. The average molecular weight is 526 g/mol. The third-order valence-corrected chi connectivity index (χ3v) is 7.87. The molecule has 0 radical (unpaired) electrons. The van der Waals surface area contributed by atoms with Crippen LogP contribution in [0.15, 0.2) is 42.9 Å². The van der Waals surface area contributed by atoms with Crippen molar-refractivity contribution >= 4 is 29.0 Å². The molecule has 2 aromatic carbocycles. The topological polar surface area (TPSA) is 108 Å². The third-order valence-electron chi connectivity index (χ3n) is 7.87. The Bertz CT molecular complexity index is 1320. The first-order chi connectivity index (χ1) is 18.8. The Balaban J connectivity index is 1.32. The number of nitrogens with zero attached hydrogens (tertiary/aromatic N) is 5. The van der Waals surface area contributed by atoms with Crippen LogP contribution in [-0.4, -0.2) is 71.5 Å². The highest BCUT2D eigenvalue weighted by atomic mass is 16.2. The van der Waals surface area contributed by atoms with E-state index in [0.717, 1.165) is 59.8 Å². The van der Waals surface area contributed by atoms with Crippen molar-refractivity contribution in [2.24, 2.45) is 5.73 Å². The summed E-state index contributed by atoms with van der Waals surface area (Å²) in [5, 5.41) is 3.75. The number of anilines is 3. The van der Waals surface area contributed by atoms with E-state index in [1.54, 1.807) is 35.6 Å². The predicted molar refractivity (Wildman–Crippen MR) is 152 cm³/mol. The van der Waals surface area contributed by atoms with Crippen molar-refractivity contribution in [1.29, 1.82) is 0 Å². The van der Waals surface area contributed by atoms with Crippen LogP contribution in [0, 0.1) is 32.9 Å². The van der Waals surface area contributed by atoms with Gasteiger partial charge in [-0.05, 0) is 62.4 Å². The molecule has 5 rings (SSSR count). The van der Waals surface area contributed by atoms with Crippen LogP contribution in [0.5, 0.6) is 0 Å². The number of hydrogen-bond acceptors (Lipinski definition) is 7. The van der Waals surface area contributed by atoms with Crippen LogP contribution in [0.4, 0.5) is 17.2 Å². The van der Waals surface area contributed by atoms with E-state index < -0.39 is 11.9 Å². The second kappa shape index (κ2) is 11.2. The normalized spacial score (nSPS) is 18.0. The van der Waals surface area contributed by atoms with E-state index in [1.165, 1.54) is 0 Å². The fraction of sp³-hybridized carbons (Fsp3) is 0.400. The van der Waals surface area contributed by atoms with Gasteiger partial charge in [-0.3, -0.25) is 14.6 Å². The summed E-state index contributed by atoms with van der Waals surface area (Å²) in [5.74, 6) is 0.391. The van der Waals surface area contributed by atoms with Crippen LogP contribution in [0.25, 0.3) is 0 Å². The summed E-state index contributed by atoms with van der Waals surface area (Å²) < 4.78 is 0. The van der Waals surface area contributed by atoms with Crippen molar-refractivity contribution in [3.8, 4) is 0 Å². The predicted octanol–water partition coefficient (Wildman–Crippen LogP) is 2.90. The molecule has 1 atom stereocenters. The van der Waals surface area contributed by atoms with E-state index >= 15 is 0 Å². The standard InChI is InChI=1S/C30H35N7O2/c1-20-17-21(2)28(34-23-9-13-35(14-10-23)26-18-32-11-12-33-26)22(3)27(20)30(39)36-15-16-37(25(19-36)29(31)38)24-7-5-4-6-8-24/h5,7-8,11-12,17-18,23,25,34H,9-10,13-16,19H2,1-3H3,(H2,31,38)/t25-/m1/s1. The number of carbonyl (C=O) groups is 2. The van der Waals surface area contributed by atoms with Gasteiger partial charge in [-0.15, -0.1) is 0 Å². The first kappa shape index (κ1) is 26.3. The molecule has 9 nitrogen and oxygen atoms in total. The zero-order chi connectivity index (χ0) is 27.5. The number of piperidine rings is 1. The number of benzene rings is 1. The SMILES string of the molecule is Cc1cc(C)c(C(=O)N2CCN(c3cc#ccc3)[C@@H](C(N)=O)C2)c(C)c1NC1CCN(c2cnccn2)CC1. The fourth-order valence-corrected chi connectivity index (χ4v) is 5.84. The Morgan fingerprint density at radius 2 is 1.85 bits per heavy atom. The van der Waals surface area contributed by atoms with Gasteiger partial charge in [0.15, 0.2) is 0 Å². The number of aryl methyl sites for hydroxylation is 2. The molecule has 39 heavy (non-hydrogen) atoms. The first-order valence-electron chi connectivity index (χ1n) is 13.4. The number of hydrogen-bond donors (Lipinski definition) is 2. The average Bonchev–Trinajstić information content (AvgIpc) is 2.96. The number of aromatic nitrogens is 2. The lowest BCUT2D eigenvalue weighted by molar-refractivity contribution is -0.119. The van der Waals surface area contributed by atoms with Crippen molar-refractivity contribution in [2.45, 2.75) is 45.7 Å². The molecule has 1 aromatic heterocycles. The summed E-state index contributed by atoms with van der Waals surface area (Å²) >= 11 is 0. The van der Waals surface area contributed by atoms with Crippen molar-refractivity contribution in [3.63, 3.8) is 0 Å². The maximum atomic E-state index is 13.9. The highest BCUT2D eigenvalue weighted by Gasteiger charge is 2.35. The zero-order valence-corrected chi connectivity index (χ0v) is 22.8. The van der Waals surface area contributed by atoms with Crippen LogP contribution >= 0.6 is 0 Å². The van der Waals surface area contributed by atoms with Crippen molar-refractivity contribution in [3.05, 3.63) is 77.2 Å². The summed E-state index contributed by atoms with van der Waals surface area (Å²) in [5.41, 5.74) is 11.4. The largest absolute Gasteiger partial charge is 0.382 e. The van der Waals surface area contributed by atoms with E-state index in [-0.39, 0.29) is 12.5 Å². The van der Waals surface area contributed by atoms with Crippen LogP contribution < -0.4 is 20.9 Å². The van der Waals surface area contributed by atoms with E-state index in [9.17, 15) is 9.59 Å². The number of nitrogens with one attached hydrogen (secondary N) is 1. The molecule has 0 spiro atoms. The van der Waals surface area contributed by atoms with Crippen molar-refractivity contribution in [2.75, 3.05) is 47.8 Å².